The van der Waals surface area contributed by atoms with Gasteiger partial charge in [-0.3, -0.25) is 9.59 Å². The van der Waals surface area contributed by atoms with Crippen molar-refractivity contribution in [2.75, 3.05) is 19.6 Å². The smallest absolute Gasteiger partial charge is 0.481 e. The summed E-state index contributed by atoms with van der Waals surface area (Å²) in [5, 5.41) is 12.3. The zero-order valence-corrected chi connectivity index (χ0v) is 41.8. The van der Waals surface area contributed by atoms with Crippen LogP contribution in [0.1, 0.15) is 144 Å². The Morgan fingerprint density at radius 1 is 0.778 bits per heavy atom. The van der Waals surface area contributed by atoms with E-state index in [1.165, 1.54) is 45.0 Å². The minimum atomic E-state index is -4.43. The molecule has 1 aromatic heterocycles. The number of aliphatic carboxylic acids is 1. The van der Waals surface area contributed by atoms with Crippen LogP contribution >= 0.6 is 27.5 Å². The molecule has 1 saturated heterocycles. The molecule has 4 bridgehead atoms. The van der Waals surface area contributed by atoms with Crippen molar-refractivity contribution in [3.63, 3.8) is 0 Å². The van der Waals surface area contributed by atoms with Crippen molar-refractivity contribution in [2.24, 2.45) is 21.7 Å². The third-order valence-electron chi connectivity index (χ3n) is 13.8. The summed E-state index contributed by atoms with van der Waals surface area (Å²) in [4.78, 5) is 25.7. The molecule has 5 fully saturated rings. The molecule has 0 atom stereocenters. The van der Waals surface area contributed by atoms with E-state index in [-0.39, 0.29) is 23.0 Å². The molecule has 2 N–H and O–H groups in total. The summed E-state index contributed by atoms with van der Waals surface area (Å²) in [6, 6.07) is 17.4. The van der Waals surface area contributed by atoms with Gasteiger partial charge in [-0.15, -0.1) is 0 Å². The SMILES string of the molecule is CC(C)(C(=O)O)c1cccc(B2OC(C)(C)C(C)(C)O2)c1.CC12CC3(C)CC(C)(C1)CC(C(=O)Cl)(C2)C3.CCN(CC)CC.FC(F)(F)c1ccc(CNCc2ccc(Br)cc2)o1. The molecule has 4 saturated carbocycles. The van der Waals surface area contributed by atoms with Crippen LogP contribution in [0.15, 0.2) is 69.6 Å². The molecule has 14 heteroatoms. The number of nitrogens with one attached hydrogen (secondary N) is 1. The Hall–Kier alpha value is -2.68. The van der Waals surface area contributed by atoms with E-state index in [0.717, 1.165) is 46.4 Å². The van der Waals surface area contributed by atoms with E-state index in [0.29, 0.717) is 22.8 Å². The maximum atomic E-state index is 12.3. The molecule has 8 nitrogen and oxygen atoms in total. The maximum Gasteiger partial charge on any atom is 0.494 e. The zero-order chi connectivity index (χ0) is 47.5. The van der Waals surface area contributed by atoms with Crippen LogP contribution in [-0.4, -0.2) is 59.2 Å². The van der Waals surface area contributed by atoms with E-state index in [2.05, 4.69) is 67.7 Å². The standard InChI is InChI=1S/C16H23BO4.C14H21ClO.C13H11BrF3NO.C6H15N/c1-14(2,13(18)19)11-8-7-9-12(10-11)17-20-15(3,4)16(5,6)21-17;1-11-4-12(2)6-13(3,5-11)9-14(7-11,8-12)10(15)16;14-10-3-1-9(2-4-10)7-18-8-11-5-6-12(19-11)13(15,16)17;1-4-7(5-2)6-3/h7-10H,1-6H3,(H,18,19);4-9H2,1-3H3;1-6,18H,7-8H2;4-6H2,1-3H3. The van der Waals surface area contributed by atoms with E-state index in [9.17, 15) is 27.9 Å². The first-order chi connectivity index (χ1) is 29.0. The third-order valence-corrected chi connectivity index (χ3v) is 14.7. The van der Waals surface area contributed by atoms with Crippen LogP contribution in [0.25, 0.3) is 0 Å². The number of benzene rings is 2. The molecule has 0 unspecified atom stereocenters. The Bertz CT molecular complexity index is 1940. The lowest BCUT2D eigenvalue weighted by molar-refractivity contribution is -0.184. The first-order valence-corrected chi connectivity index (χ1v) is 23.4. The average Bonchev–Trinajstić information content (AvgIpc) is 3.73. The fourth-order valence-electron chi connectivity index (χ4n) is 10.9. The molecule has 5 aliphatic rings. The van der Waals surface area contributed by atoms with E-state index in [1.54, 1.807) is 13.8 Å². The Labute approximate surface area is 388 Å². The summed E-state index contributed by atoms with van der Waals surface area (Å²) in [6.07, 6.45) is 2.56. The van der Waals surface area contributed by atoms with E-state index in [1.807, 2.05) is 76.2 Å². The molecular weight excluding hydrogens is 896 g/mol. The number of carboxylic acids is 1. The van der Waals surface area contributed by atoms with Crippen molar-refractivity contribution in [3.05, 3.63) is 87.8 Å². The topological polar surface area (TPSA) is 101 Å². The van der Waals surface area contributed by atoms with Crippen LogP contribution in [0.2, 0.25) is 0 Å². The van der Waals surface area contributed by atoms with Crippen LogP contribution in [0.5, 0.6) is 0 Å². The van der Waals surface area contributed by atoms with Gasteiger partial charge in [0.2, 0.25) is 11.0 Å². The van der Waals surface area contributed by atoms with Crippen molar-refractivity contribution in [3.8, 4) is 0 Å². The van der Waals surface area contributed by atoms with Gasteiger partial charge in [0.1, 0.15) is 5.76 Å². The van der Waals surface area contributed by atoms with E-state index >= 15 is 0 Å². The highest BCUT2D eigenvalue weighted by atomic mass is 79.9. The molecule has 8 rings (SSSR count). The highest BCUT2D eigenvalue weighted by molar-refractivity contribution is 9.10. The van der Waals surface area contributed by atoms with Crippen molar-refractivity contribution in [1.82, 2.24) is 10.2 Å². The Balaban J connectivity index is 0.000000194. The van der Waals surface area contributed by atoms with Gasteiger partial charge < -0.3 is 29.0 Å². The summed E-state index contributed by atoms with van der Waals surface area (Å²) in [5.74, 6) is -1.55. The van der Waals surface area contributed by atoms with Crippen molar-refractivity contribution in [1.29, 1.82) is 0 Å². The van der Waals surface area contributed by atoms with Crippen molar-refractivity contribution in [2.45, 2.75) is 157 Å². The molecule has 350 valence electrons. The number of halogens is 5. The number of alkyl halides is 3. The summed E-state index contributed by atoms with van der Waals surface area (Å²) in [7, 11) is -0.473. The number of nitrogens with zero attached hydrogens (tertiary/aromatic N) is 1. The fraction of sp³-hybridized carbons (Fsp3) is 0.633. The van der Waals surface area contributed by atoms with Crippen LogP contribution in [0, 0.1) is 21.7 Å². The molecular formula is C49H70BBrClF3N2O6. The van der Waals surface area contributed by atoms with Crippen molar-refractivity contribution < 1.29 is 41.6 Å². The molecule has 1 aliphatic heterocycles. The minimum absolute atomic E-state index is 0.0599. The van der Waals surface area contributed by atoms with Gasteiger partial charge in [-0.1, -0.05) is 93.9 Å². The first kappa shape index (κ1) is 52.9. The van der Waals surface area contributed by atoms with Gasteiger partial charge in [0.15, 0.2) is 0 Å². The number of carbonyl (C=O) groups excluding carboxylic acids is 1. The van der Waals surface area contributed by atoms with Gasteiger partial charge in [0.05, 0.1) is 23.2 Å². The quantitative estimate of drug-likeness (QED) is 0.145. The largest absolute Gasteiger partial charge is 0.494 e. The van der Waals surface area contributed by atoms with Gasteiger partial charge >= 0.3 is 19.3 Å². The number of hydrogen-bond donors (Lipinski definition) is 2. The summed E-state index contributed by atoms with van der Waals surface area (Å²) >= 11 is 9.28. The Morgan fingerprint density at radius 2 is 1.27 bits per heavy atom. The van der Waals surface area contributed by atoms with Crippen molar-refractivity contribution >= 4 is 51.3 Å². The second-order valence-corrected chi connectivity index (χ2v) is 22.1. The first-order valence-electron chi connectivity index (χ1n) is 22.2. The lowest BCUT2D eigenvalue weighted by atomic mass is 9.37. The van der Waals surface area contributed by atoms with Gasteiger partial charge in [0, 0.05) is 16.4 Å². The number of hydrogen-bond acceptors (Lipinski definition) is 7. The average molecular weight is 966 g/mol. The summed E-state index contributed by atoms with van der Waals surface area (Å²) < 4.78 is 54.6. The summed E-state index contributed by atoms with van der Waals surface area (Å²) in [5.41, 5.74) is 1.78. The number of carbonyl (C=O) groups is 2. The highest BCUT2D eigenvalue weighted by Crippen LogP contribution is 2.73. The second-order valence-electron chi connectivity index (χ2n) is 20.8. The van der Waals surface area contributed by atoms with Gasteiger partial charge in [-0.2, -0.15) is 13.2 Å². The number of carboxylic acid groups (broad SMARTS) is 1. The summed E-state index contributed by atoms with van der Waals surface area (Å²) in [6.45, 7) is 29.4. The lowest BCUT2D eigenvalue weighted by Gasteiger charge is -2.68. The van der Waals surface area contributed by atoms with E-state index in [4.69, 9.17) is 25.3 Å². The molecule has 0 radical (unpaired) electrons. The molecule has 4 aliphatic carbocycles. The predicted octanol–water partition coefficient (Wildman–Crippen LogP) is 12.2. The molecule has 63 heavy (non-hydrogen) atoms. The fourth-order valence-corrected chi connectivity index (χ4v) is 11.4. The molecule has 2 heterocycles. The third kappa shape index (κ3) is 13.2. The minimum Gasteiger partial charge on any atom is -0.481 e. The Morgan fingerprint density at radius 3 is 1.67 bits per heavy atom. The number of furan rings is 1. The maximum absolute atomic E-state index is 12.3. The zero-order valence-electron chi connectivity index (χ0n) is 39.5. The highest BCUT2D eigenvalue weighted by Gasteiger charge is 2.66. The molecule has 0 amide bonds. The Kier molecular flexibility index (Phi) is 16.9. The van der Waals surface area contributed by atoms with Crippen LogP contribution < -0.4 is 10.8 Å². The lowest BCUT2D eigenvalue weighted by Crippen LogP contribution is -2.60. The molecule has 2 aromatic carbocycles. The van der Waals surface area contributed by atoms with Crippen LogP contribution in [-0.2, 0) is 43.6 Å². The van der Waals surface area contributed by atoms with Crippen LogP contribution in [0.4, 0.5) is 13.2 Å². The second kappa shape index (κ2) is 20.1. The predicted molar refractivity (Wildman–Crippen MR) is 250 cm³/mol. The number of rotatable bonds is 11. The monoisotopic (exact) mass is 964 g/mol. The van der Waals surface area contributed by atoms with Crippen LogP contribution in [0.3, 0.4) is 0 Å². The van der Waals surface area contributed by atoms with Gasteiger partial charge in [-0.05, 0) is 168 Å². The van der Waals surface area contributed by atoms with Gasteiger partial charge in [-0.25, -0.2) is 0 Å². The molecule has 0 spiro atoms. The molecule has 3 aromatic rings. The van der Waals surface area contributed by atoms with Gasteiger partial charge in [0.25, 0.3) is 0 Å². The normalized spacial score (nSPS) is 26.5. The van der Waals surface area contributed by atoms with E-state index < -0.39 is 41.6 Å².